The number of nitrogens with one attached hydrogen (secondary N) is 2. The van der Waals surface area contributed by atoms with E-state index in [4.69, 9.17) is 4.74 Å². The van der Waals surface area contributed by atoms with Gasteiger partial charge in [-0.2, -0.15) is 0 Å². The van der Waals surface area contributed by atoms with Crippen molar-refractivity contribution in [3.63, 3.8) is 0 Å². The van der Waals surface area contributed by atoms with E-state index in [1.807, 2.05) is 0 Å². The van der Waals surface area contributed by atoms with E-state index < -0.39 is 5.91 Å². The minimum absolute atomic E-state index is 0.0848. The molecule has 0 atom stereocenters. The molecule has 0 bridgehead atoms. The number of Topliss-reactive ketones (excluding diaryl/α,β-unsaturated/α-hetero) is 1. The molecule has 0 aromatic heterocycles. The number of ketones is 1. The van der Waals surface area contributed by atoms with Gasteiger partial charge in [0.15, 0.2) is 5.78 Å². The van der Waals surface area contributed by atoms with Crippen molar-refractivity contribution < 1.29 is 19.1 Å². The molecule has 0 aliphatic rings. The monoisotopic (exact) mass is 278 g/mol. The van der Waals surface area contributed by atoms with Crippen LogP contribution in [-0.4, -0.2) is 37.9 Å². The highest BCUT2D eigenvalue weighted by Crippen LogP contribution is 2.11. The van der Waals surface area contributed by atoms with Crippen molar-refractivity contribution in [1.82, 2.24) is 5.32 Å². The molecule has 1 aromatic rings. The minimum atomic E-state index is -0.430. The summed E-state index contributed by atoms with van der Waals surface area (Å²) in [5, 5.41) is 5.13. The van der Waals surface area contributed by atoms with E-state index in [0.717, 1.165) is 0 Å². The summed E-state index contributed by atoms with van der Waals surface area (Å²) < 4.78 is 4.78. The summed E-state index contributed by atoms with van der Waals surface area (Å²) in [6, 6.07) is 6.57. The Morgan fingerprint density at radius 2 is 1.95 bits per heavy atom. The molecular formula is C14H18N2O4. The zero-order valence-electron chi connectivity index (χ0n) is 11.6. The first-order valence-electron chi connectivity index (χ1n) is 6.19. The molecule has 6 nitrogen and oxygen atoms in total. The minimum Gasteiger partial charge on any atom is -0.383 e. The third kappa shape index (κ3) is 5.62. The van der Waals surface area contributed by atoms with Crippen molar-refractivity contribution in [1.29, 1.82) is 0 Å². The van der Waals surface area contributed by atoms with Crippen LogP contribution in [0.4, 0.5) is 5.69 Å². The Bertz CT molecular complexity index is 500. The van der Waals surface area contributed by atoms with Gasteiger partial charge in [-0.25, -0.2) is 0 Å². The van der Waals surface area contributed by atoms with Crippen LogP contribution in [-0.2, 0) is 14.3 Å². The van der Waals surface area contributed by atoms with E-state index >= 15 is 0 Å². The van der Waals surface area contributed by atoms with Gasteiger partial charge < -0.3 is 15.4 Å². The maximum absolute atomic E-state index is 11.6. The van der Waals surface area contributed by atoms with Crippen molar-refractivity contribution in [2.45, 2.75) is 13.3 Å². The molecule has 2 N–H and O–H groups in total. The summed E-state index contributed by atoms with van der Waals surface area (Å²) in [5.41, 5.74) is 1.000. The van der Waals surface area contributed by atoms with E-state index in [9.17, 15) is 14.4 Å². The van der Waals surface area contributed by atoms with Crippen LogP contribution in [0.1, 0.15) is 23.7 Å². The SMILES string of the molecule is COCCNC(=O)CC(=O)Nc1cccc(C(C)=O)c1. The van der Waals surface area contributed by atoms with E-state index in [0.29, 0.717) is 24.4 Å². The molecule has 0 saturated heterocycles. The van der Waals surface area contributed by atoms with Crippen molar-refractivity contribution in [3.8, 4) is 0 Å². The molecular weight excluding hydrogens is 260 g/mol. The molecule has 0 saturated carbocycles. The van der Waals surface area contributed by atoms with Gasteiger partial charge in [0, 0.05) is 24.9 Å². The van der Waals surface area contributed by atoms with Crippen LogP contribution in [0.15, 0.2) is 24.3 Å². The predicted octanol–water partition coefficient (Wildman–Crippen LogP) is 0.980. The van der Waals surface area contributed by atoms with Gasteiger partial charge in [0.1, 0.15) is 6.42 Å². The van der Waals surface area contributed by atoms with Gasteiger partial charge in [-0.15, -0.1) is 0 Å². The molecule has 0 aliphatic heterocycles. The van der Waals surface area contributed by atoms with Gasteiger partial charge >= 0.3 is 0 Å². The van der Waals surface area contributed by atoms with Crippen molar-refractivity contribution in [3.05, 3.63) is 29.8 Å². The number of amides is 2. The molecule has 20 heavy (non-hydrogen) atoms. The smallest absolute Gasteiger partial charge is 0.233 e. The molecule has 108 valence electrons. The zero-order chi connectivity index (χ0) is 15.0. The van der Waals surface area contributed by atoms with Gasteiger partial charge in [0.2, 0.25) is 11.8 Å². The summed E-state index contributed by atoms with van der Waals surface area (Å²) in [6.07, 6.45) is -0.270. The maximum atomic E-state index is 11.6. The highest BCUT2D eigenvalue weighted by Gasteiger charge is 2.09. The second-order valence-electron chi connectivity index (χ2n) is 4.20. The van der Waals surface area contributed by atoms with Crippen LogP contribution < -0.4 is 10.6 Å². The maximum Gasteiger partial charge on any atom is 0.233 e. The van der Waals surface area contributed by atoms with Gasteiger partial charge in [-0.3, -0.25) is 14.4 Å². The fourth-order valence-electron chi connectivity index (χ4n) is 1.52. The van der Waals surface area contributed by atoms with E-state index in [-0.39, 0.29) is 18.1 Å². The summed E-state index contributed by atoms with van der Waals surface area (Å²) in [6.45, 7) is 2.21. The third-order valence-electron chi connectivity index (χ3n) is 2.50. The van der Waals surface area contributed by atoms with Gasteiger partial charge in [0.05, 0.1) is 6.61 Å². The van der Waals surface area contributed by atoms with Crippen LogP contribution in [0.5, 0.6) is 0 Å². The molecule has 6 heteroatoms. The lowest BCUT2D eigenvalue weighted by Gasteiger charge is -2.07. The first-order valence-corrected chi connectivity index (χ1v) is 6.19. The first kappa shape index (κ1) is 15.8. The molecule has 0 aliphatic carbocycles. The fourth-order valence-corrected chi connectivity index (χ4v) is 1.52. The number of carbonyl (C=O) groups excluding carboxylic acids is 3. The average Bonchev–Trinajstić information content (AvgIpc) is 2.39. The average molecular weight is 278 g/mol. The number of benzene rings is 1. The number of methoxy groups -OCH3 is 1. The van der Waals surface area contributed by atoms with E-state index in [1.54, 1.807) is 24.3 Å². The quantitative estimate of drug-likeness (QED) is 0.442. The molecule has 0 fully saturated rings. The number of anilines is 1. The Morgan fingerprint density at radius 3 is 2.60 bits per heavy atom. The van der Waals surface area contributed by atoms with Crippen LogP contribution in [0.25, 0.3) is 0 Å². The van der Waals surface area contributed by atoms with Crippen LogP contribution in [0.3, 0.4) is 0 Å². The molecule has 0 spiro atoms. The largest absolute Gasteiger partial charge is 0.383 e. The highest BCUT2D eigenvalue weighted by atomic mass is 16.5. The molecule has 0 unspecified atom stereocenters. The van der Waals surface area contributed by atoms with Crippen LogP contribution >= 0.6 is 0 Å². The van der Waals surface area contributed by atoms with Crippen molar-refractivity contribution in [2.24, 2.45) is 0 Å². The molecule has 0 heterocycles. The van der Waals surface area contributed by atoms with Gasteiger partial charge in [-0.1, -0.05) is 12.1 Å². The second-order valence-corrected chi connectivity index (χ2v) is 4.20. The summed E-state index contributed by atoms with van der Waals surface area (Å²) in [5.74, 6) is -0.888. The molecule has 1 aromatic carbocycles. The third-order valence-corrected chi connectivity index (χ3v) is 2.50. The lowest BCUT2D eigenvalue weighted by molar-refractivity contribution is -0.126. The summed E-state index contributed by atoms with van der Waals surface area (Å²) in [7, 11) is 1.53. The Kier molecular flexibility index (Phi) is 6.39. The summed E-state index contributed by atoms with van der Waals surface area (Å²) in [4.78, 5) is 34.3. The Labute approximate surface area is 117 Å². The second kappa shape index (κ2) is 8.06. The molecule has 0 radical (unpaired) electrons. The van der Waals surface area contributed by atoms with Gasteiger partial charge in [-0.05, 0) is 19.1 Å². The first-order chi connectivity index (χ1) is 9.52. The lowest BCUT2D eigenvalue weighted by atomic mass is 10.1. The number of carbonyl (C=O) groups is 3. The normalized spacial score (nSPS) is 9.90. The van der Waals surface area contributed by atoms with Crippen molar-refractivity contribution in [2.75, 3.05) is 25.6 Å². The Hall–Kier alpha value is -2.21. The predicted molar refractivity (Wildman–Crippen MR) is 74.6 cm³/mol. The van der Waals surface area contributed by atoms with E-state index in [1.165, 1.54) is 14.0 Å². The standard InChI is InChI=1S/C14H18N2O4/c1-10(17)11-4-3-5-12(8-11)16-14(19)9-13(18)15-6-7-20-2/h3-5,8H,6-7,9H2,1-2H3,(H,15,18)(H,16,19). The van der Waals surface area contributed by atoms with Crippen molar-refractivity contribution >= 4 is 23.3 Å². The zero-order valence-corrected chi connectivity index (χ0v) is 11.6. The Balaban J connectivity index is 2.48. The Morgan fingerprint density at radius 1 is 1.20 bits per heavy atom. The topological polar surface area (TPSA) is 84.5 Å². The number of hydrogen-bond acceptors (Lipinski definition) is 4. The number of hydrogen-bond donors (Lipinski definition) is 2. The number of rotatable bonds is 7. The summed E-state index contributed by atoms with van der Waals surface area (Å²) >= 11 is 0. The van der Waals surface area contributed by atoms with Crippen LogP contribution in [0.2, 0.25) is 0 Å². The van der Waals surface area contributed by atoms with Gasteiger partial charge in [0.25, 0.3) is 0 Å². The highest BCUT2D eigenvalue weighted by molar-refractivity contribution is 6.04. The molecule has 1 rings (SSSR count). The molecule has 2 amide bonds. The van der Waals surface area contributed by atoms with Crippen LogP contribution in [0, 0.1) is 0 Å². The van der Waals surface area contributed by atoms with E-state index in [2.05, 4.69) is 10.6 Å². The fraction of sp³-hybridized carbons (Fsp3) is 0.357. The lowest BCUT2D eigenvalue weighted by Crippen LogP contribution is -2.30. The number of ether oxygens (including phenoxy) is 1.